The summed E-state index contributed by atoms with van der Waals surface area (Å²) in [5.74, 6) is -0.953. The molecule has 0 heterocycles. The van der Waals surface area contributed by atoms with E-state index in [1.807, 2.05) is 0 Å². The fraction of sp³-hybridized carbons (Fsp3) is 0.931. The van der Waals surface area contributed by atoms with Gasteiger partial charge in [-0.25, -0.2) is 0 Å². The maximum Gasteiger partial charge on any atom is 0.306 e. The third-order valence-electron chi connectivity index (χ3n) is 6.59. The van der Waals surface area contributed by atoms with Crippen LogP contribution in [0.15, 0.2) is 0 Å². The number of rotatable bonds is 26. The molecule has 33 heavy (non-hydrogen) atoms. The van der Waals surface area contributed by atoms with Crippen LogP contribution in [-0.4, -0.2) is 23.1 Å². The fourth-order valence-corrected chi connectivity index (χ4v) is 4.41. The van der Waals surface area contributed by atoms with Crippen molar-refractivity contribution in [1.29, 1.82) is 0 Å². The van der Waals surface area contributed by atoms with Gasteiger partial charge in [0.15, 0.2) is 0 Å². The van der Waals surface area contributed by atoms with Crippen LogP contribution in [0.2, 0.25) is 0 Å². The van der Waals surface area contributed by atoms with Gasteiger partial charge in [-0.15, -0.1) is 0 Å². The van der Waals surface area contributed by atoms with Gasteiger partial charge in [0.1, 0.15) is 6.10 Å². The molecule has 0 fully saturated rings. The van der Waals surface area contributed by atoms with E-state index in [9.17, 15) is 9.59 Å². The van der Waals surface area contributed by atoms with E-state index in [4.69, 9.17) is 9.84 Å². The number of aliphatic carboxylic acids is 1. The maximum atomic E-state index is 12.2. The Balaban J connectivity index is 3.80. The van der Waals surface area contributed by atoms with Crippen molar-refractivity contribution >= 4 is 11.9 Å². The van der Waals surface area contributed by atoms with Crippen molar-refractivity contribution in [3.63, 3.8) is 0 Å². The molecule has 4 nitrogen and oxygen atoms in total. The number of hydrogen-bond donors (Lipinski definition) is 1. The van der Waals surface area contributed by atoms with Crippen molar-refractivity contribution in [3.8, 4) is 0 Å². The Labute approximate surface area is 205 Å². The quantitative estimate of drug-likeness (QED) is 0.101. The van der Waals surface area contributed by atoms with Crippen LogP contribution < -0.4 is 0 Å². The average molecular weight is 469 g/mol. The molecule has 0 aliphatic carbocycles. The molecule has 0 aliphatic rings. The zero-order chi connectivity index (χ0) is 24.4. The van der Waals surface area contributed by atoms with Crippen molar-refractivity contribution in [3.05, 3.63) is 0 Å². The minimum absolute atomic E-state index is 0.0772. The predicted molar refractivity (Wildman–Crippen MR) is 140 cm³/mol. The molecule has 0 saturated heterocycles. The molecule has 0 aromatic carbocycles. The number of hydrogen-bond acceptors (Lipinski definition) is 3. The second-order valence-corrected chi connectivity index (χ2v) is 9.95. The zero-order valence-corrected chi connectivity index (χ0v) is 22.2. The number of ether oxygens (including phenoxy) is 1. The SMILES string of the molecule is CCCCCCCCCCCCCC(=O)OC(CCCCCCCCCCC)CCC(=O)O. The summed E-state index contributed by atoms with van der Waals surface area (Å²) >= 11 is 0. The minimum Gasteiger partial charge on any atom is -0.481 e. The van der Waals surface area contributed by atoms with E-state index >= 15 is 0 Å². The van der Waals surface area contributed by atoms with Crippen molar-refractivity contribution in [2.45, 2.75) is 174 Å². The van der Waals surface area contributed by atoms with E-state index in [0.717, 1.165) is 32.1 Å². The molecule has 196 valence electrons. The van der Waals surface area contributed by atoms with Gasteiger partial charge in [-0.2, -0.15) is 0 Å². The van der Waals surface area contributed by atoms with Crippen LogP contribution in [0.3, 0.4) is 0 Å². The topological polar surface area (TPSA) is 63.6 Å². The predicted octanol–water partition coefficient (Wildman–Crippen LogP) is 9.39. The lowest BCUT2D eigenvalue weighted by atomic mass is 10.0. The monoisotopic (exact) mass is 468 g/mol. The number of carboxylic acids is 1. The third-order valence-corrected chi connectivity index (χ3v) is 6.59. The molecule has 1 unspecified atom stereocenters. The Kier molecular flexibility index (Phi) is 24.7. The largest absolute Gasteiger partial charge is 0.481 e. The molecule has 0 spiro atoms. The molecular weight excluding hydrogens is 412 g/mol. The molecule has 0 rings (SSSR count). The summed E-state index contributed by atoms with van der Waals surface area (Å²) in [6.07, 6.45) is 26.8. The minimum atomic E-state index is -0.812. The average Bonchev–Trinajstić information content (AvgIpc) is 2.79. The molecule has 0 aromatic heterocycles. The van der Waals surface area contributed by atoms with Crippen molar-refractivity contribution in [2.75, 3.05) is 0 Å². The van der Waals surface area contributed by atoms with Crippen molar-refractivity contribution in [2.24, 2.45) is 0 Å². The summed E-state index contributed by atoms with van der Waals surface area (Å²) in [6.45, 7) is 4.50. The van der Waals surface area contributed by atoms with Gasteiger partial charge in [0, 0.05) is 12.8 Å². The van der Waals surface area contributed by atoms with Crippen LogP contribution in [0.1, 0.15) is 168 Å². The summed E-state index contributed by atoms with van der Waals surface area (Å²) in [5.41, 5.74) is 0. The molecule has 0 amide bonds. The van der Waals surface area contributed by atoms with Gasteiger partial charge >= 0.3 is 11.9 Å². The highest BCUT2D eigenvalue weighted by Crippen LogP contribution is 2.17. The maximum absolute atomic E-state index is 12.2. The highest BCUT2D eigenvalue weighted by atomic mass is 16.5. The van der Waals surface area contributed by atoms with Crippen LogP contribution >= 0.6 is 0 Å². The Hall–Kier alpha value is -1.06. The Morgan fingerprint density at radius 3 is 1.36 bits per heavy atom. The summed E-state index contributed by atoms with van der Waals surface area (Å²) in [6, 6.07) is 0. The van der Waals surface area contributed by atoms with E-state index in [0.29, 0.717) is 12.8 Å². The lowest BCUT2D eigenvalue weighted by Gasteiger charge is -2.17. The molecular formula is C29H56O4. The second-order valence-electron chi connectivity index (χ2n) is 9.95. The molecule has 0 aromatic rings. The first-order valence-electron chi connectivity index (χ1n) is 14.5. The van der Waals surface area contributed by atoms with E-state index in [1.54, 1.807) is 0 Å². The summed E-state index contributed by atoms with van der Waals surface area (Å²) < 4.78 is 5.66. The Morgan fingerprint density at radius 1 is 0.545 bits per heavy atom. The highest BCUT2D eigenvalue weighted by Gasteiger charge is 2.15. The number of unbranched alkanes of at least 4 members (excludes halogenated alkanes) is 18. The summed E-state index contributed by atoms with van der Waals surface area (Å²) in [7, 11) is 0. The first-order chi connectivity index (χ1) is 16.1. The number of esters is 1. The first kappa shape index (κ1) is 31.9. The number of carboxylic acid groups (broad SMARTS) is 1. The lowest BCUT2D eigenvalue weighted by molar-refractivity contribution is -0.151. The standard InChI is InChI=1S/C29H56O4/c1-3-5-7-9-11-13-14-16-18-20-22-24-29(32)33-27(25-26-28(30)31)23-21-19-17-15-12-10-8-6-4-2/h27H,3-26H2,1-2H3,(H,30,31). The number of carbonyl (C=O) groups is 2. The normalized spacial score (nSPS) is 12.1. The highest BCUT2D eigenvalue weighted by molar-refractivity contribution is 5.69. The van der Waals surface area contributed by atoms with E-state index in [1.165, 1.54) is 103 Å². The molecule has 1 N–H and O–H groups in total. The molecule has 1 atom stereocenters. The van der Waals surface area contributed by atoms with Gasteiger partial charge in [0.25, 0.3) is 0 Å². The molecule has 4 heteroatoms. The summed E-state index contributed by atoms with van der Waals surface area (Å²) in [5, 5.41) is 9.00. The van der Waals surface area contributed by atoms with Gasteiger partial charge in [0.2, 0.25) is 0 Å². The smallest absolute Gasteiger partial charge is 0.306 e. The van der Waals surface area contributed by atoms with Crippen LogP contribution in [0.25, 0.3) is 0 Å². The lowest BCUT2D eigenvalue weighted by Crippen LogP contribution is -2.19. The molecule has 0 saturated carbocycles. The van der Waals surface area contributed by atoms with Gasteiger partial charge in [-0.05, 0) is 25.7 Å². The molecule has 0 radical (unpaired) electrons. The Morgan fingerprint density at radius 2 is 0.939 bits per heavy atom. The molecule has 0 aliphatic heterocycles. The van der Waals surface area contributed by atoms with Crippen molar-refractivity contribution in [1.82, 2.24) is 0 Å². The number of carbonyl (C=O) groups excluding carboxylic acids is 1. The van der Waals surface area contributed by atoms with Crippen LogP contribution in [0.5, 0.6) is 0 Å². The van der Waals surface area contributed by atoms with Gasteiger partial charge in [-0.1, -0.05) is 129 Å². The van der Waals surface area contributed by atoms with E-state index in [2.05, 4.69) is 13.8 Å². The second kappa shape index (κ2) is 25.6. The Bertz CT molecular complexity index is 435. The molecule has 0 bridgehead atoms. The van der Waals surface area contributed by atoms with Crippen LogP contribution in [0, 0.1) is 0 Å². The summed E-state index contributed by atoms with van der Waals surface area (Å²) in [4.78, 5) is 23.2. The van der Waals surface area contributed by atoms with Crippen LogP contribution in [0.4, 0.5) is 0 Å². The van der Waals surface area contributed by atoms with E-state index in [-0.39, 0.29) is 18.5 Å². The van der Waals surface area contributed by atoms with Gasteiger partial charge in [-0.3, -0.25) is 9.59 Å². The fourth-order valence-electron chi connectivity index (χ4n) is 4.41. The van der Waals surface area contributed by atoms with Crippen molar-refractivity contribution < 1.29 is 19.4 Å². The van der Waals surface area contributed by atoms with Gasteiger partial charge in [0.05, 0.1) is 0 Å². The van der Waals surface area contributed by atoms with E-state index < -0.39 is 5.97 Å². The zero-order valence-electron chi connectivity index (χ0n) is 22.2. The third kappa shape index (κ3) is 25.4. The van der Waals surface area contributed by atoms with Crippen LogP contribution in [-0.2, 0) is 14.3 Å². The first-order valence-corrected chi connectivity index (χ1v) is 14.5. The van der Waals surface area contributed by atoms with Gasteiger partial charge < -0.3 is 9.84 Å².